The highest BCUT2D eigenvalue weighted by Crippen LogP contribution is 2.46. The molecule has 1 aliphatic rings. The predicted octanol–water partition coefficient (Wildman–Crippen LogP) is 3.61. The zero-order chi connectivity index (χ0) is 19.7. The SMILES string of the molecule is COc1ccc([C@H]2C[C@@H](c3ccc(Br)cc3)Nc3nnnn32)c(OC)c1OC. The second kappa shape index (κ2) is 7.67. The number of ether oxygens (including phenoxy) is 3. The Bertz CT molecular complexity index is 976. The maximum absolute atomic E-state index is 5.70. The third-order valence-electron chi connectivity index (χ3n) is 4.92. The fourth-order valence-electron chi connectivity index (χ4n) is 3.60. The molecule has 1 aromatic heterocycles. The molecule has 2 aromatic carbocycles. The average Bonchev–Trinajstić information content (AvgIpc) is 3.21. The Hall–Kier alpha value is -2.81. The summed E-state index contributed by atoms with van der Waals surface area (Å²) in [4.78, 5) is 0. The van der Waals surface area contributed by atoms with Gasteiger partial charge in [-0.2, -0.15) is 0 Å². The molecule has 4 rings (SSSR count). The van der Waals surface area contributed by atoms with Gasteiger partial charge in [0.1, 0.15) is 0 Å². The quantitative estimate of drug-likeness (QED) is 0.641. The van der Waals surface area contributed by atoms with Crippen molar-refractivity contribution in [3.05, 3.63) is 52.0 Å². The third-order valence-corrected chi connectivity index (χ3v) is 5.44. The Morgan fingerprint density at radius 2 is 1.75 bits per heavy atom. The highest BCUT2D eigenvalue weighted by atomic mass is 79.9. The van der Waals surface area contributed by atoms with Crippen LogP contribution in [0.2, 0.25) is 0 Å². The maximum Gasteiger partial charge on any atom is 0.243 e. The van der Waals surface area contributed by atoms with Gasteiger partial charge in [-0.1, -0.05) is 33.2 Å². The van der Waals surface area contributed by atoms with Gasteiger partial charge in [-0.3, -0.25) is 0 Å². The number of rotatable bonds is 5. The number of halogens is 1. The lowest BCUT2D eigenvalue weighted by Gasteiger charge is -2.32. The lowest BCUT2D eigenvalue weighted by molar-refractivity contribution is 0.315. The van der Waals surface area contributed by atoms with E-state index in [1.54, 1.807) is 26.0 Å². The predicted molar refractivity (Wildman–Crippen MR) is 107 cm³/mol. The van der Waals surface area contributed by atoms with Crippen molar-refractivity contribution < 1.29 is 14.2 Å². The number of tetrazole rings is 1. The maximum atomic E-state index is 5.70. The molecular formula is C19H20BrN5O3. The van der Waals surface area contributed by atoms with Crippen molar-refractivity contribution in [1.29, 1.82) is 0 Å². The number of nitrogens with one attached hydrogen (secondary N) is 1. The van der Waals surface area contributed by atoms with Gasteiger partial charge in [0, 0.05) is 10.0 Å². The van der Waals surface area contributed by atoms with Gasteiger partial charge in [0.2, 0.25) is 11.7 Å². The molecule has 0 amide bonds. The molecule has 0 saturated heterocycles. The number of hydrogen-bond acceptors (Lipinski definition) is 7. The first-order valence-electron chi connectivity index (χ1n) is 8.75. The van der Waals surface area contributed by atoms with Crippen LogP contribution in [0.4, 0.5) is 5.95 Å². The van der Waals surface area contributed by atoms with Crippen LogP contribution in [0.15, 0.2) is 40.9 Å². The number of benzene rings is 2. The minimum atomic E-state index is -0.130. The molecule has 0 unspecified atom stereocenters. The molecule has 146 valence electrons. The van der Waals surface area contributed by atoms with E-state index in [0.29, 0.717) is 23.2 Å². The Kier molecular flexibility index (Phi) is 5.08. The van der Waals surface area contributed by atoms with Crippen molar-refractivity contribution in [2.24, 2.45) is 0 Å². The van der Waals surface area contributed by atoms with Crippen molar-refractivity contribution in [3.63, 3.8) is 0 Å². The molecule has 2 heterocycles. The summed E-state index contributed by atoms with van der Waals surface area (Å²) in [6, 6.07) is 12.0. The normalized spacial score (nSPS) is 18.1. The van der Waals surface area contributed by atoms with Crippen LogP contribution >= 0.6 is 15.9 Å². The van der Waals surface area contributed by atoms with Gasteiger partial charge in [-0.15, -0.1) is 0 Å². The lowest BCUT2D eigenvalue weighted by atomic mass is 9.92. The molecule has 1 aliphatic heterocycles. The topological polar surface area (TPSA) is 83.3 Å². The van der Waals surface area contributed by atoms with Gasteiger partial charge in [-0.05, 0) is 46.7 Å². The molecule has 0 bridgehead atoms. The second-order valence-electron chi connectivity index (χ2n) is 6.37. The fraction of sp³-hybridized carbons (Fsp3) is 0.316. The monoisotopic (exact) mass is 445 g/mol. The Morgan fingerprint density at radius 3 is 2.43 bits per heavy atom. The average molecular weight is 446 g/mol. The third kappa shape index (κ3) is 3.15. The van der Waals surface area contributed by atoms with Crippen LogP contribution in [-0.2, 0) is 0 Å². The van der Waals surface area contributed by atoms with Crippen molar-refractivity contribution in [2.75, 3.05) is 26.6 Å². The molecule has 1 N–H and O–H groups in total. The number of anilines is 1. The Labute approximate surface area is 170 Å². The molecule has 0 aliphatic carbocycles. The van der Waals surface area contributed by atoms with Gasteiger partial charge in [0.25, 0.3) is 0 Å². The van der Waals surface area contributed by atoms with Crippen molar-refractivity contribution >= 4 is 21.9 Å². The fourth-order valence-corrected chi connectivity index (χ4v) is 3.86. The highest BCUT2D eigenvalue weighted by Gasteiger charge is 2.33. The first-order chi connectivity index (χ1) is 13.7. The molecular weight excluding hydrogens is 426 g/mol. The van der Waals surface area contributed by atoms with Gasteiger partial charge >= 0.3 is 0 Å². The first kappa shape index (κ1) is 18.5. The largest absolute Gasteiger partial charge is 0.493 e. The van der Waals surface area contributed by atoms with Gasteiger partial charge < -0.3 is 19.5 Å². The summed E-state index contributed by atoms with van der Waals surface area (Å²) in [7, 11) is 4.82. The minimum absolute atomic E-state index is 0.0504. The lowest BCUT2D eigenvalue weighted by Crippen LogP contribution is -2.28. The number of nitrogens with zero attached hydrogens (tertiary/aromatic N) is 4. The first-order valence-corrected chi connectivity index (χ1v) is 9.54. The Balaban J connectivity index is 1.80. The van der Waals surface area contributed by atoms with E-state index in [0.717, 1.165) is 22.0 Å². The highest BCUT2D eigenvalue weighted by molar-refractivity contribution is 9.10. The van der Waals surface area contributed by atoms with Crippen LogP contribution < -0.4 is 19.5 Å². The van der Waals surface area contributed by atoms with Crippen LogP contribution in [0.1, 0.15) is 29.6 Å². The van der Waals surface area contributed by atoms with Crippen molar-refractivity contribution in [3.8, 4) is 17.2 Å². The molecule has 3 aromatic rings. The zero-order valence-electron chi connectivity index (χ0n) is 15.7. The summed E-state index contributed by atoms with van der Waals surface area (Å²) in [6.07, 6.45) is 0.742. The summed E-state index contributed by atoms with van der Waals surface area (Å²) < 4.78 is 19.5. The van der Waals surface area contributed by atoms with Crippen LogP contribution in [0, 0.1) is 0 Å². The molecule has 0 fully saturated rings. The standard InChI is InChI=1S/C19H20BrN5O3/c1-26-16-9-8-13(17(27-2)18(16)28-3)15-10-14(11-4-6-12(20)7-5-11)21-19-22-23-24-25(15)19/h4-9,14-15H,10H2,1-3H3,(H,21,22,24)/t14-,15+/m0/s1. The van der Waals surface area contributed by atoms with Crippen LogP contribution in [0.3, 0.4) is 0 Å². The van der Waals surface area contributed by atoms with E-state index in [1.807, 2.05) is 24.3 Å². The van der Waals surface area contributed by atoms with E-state index in [1.165, 1.54) is 0 Å². The molecule has 0 saturated carbocycles. The van der Waals surface area contributed by atoms with Crippen molar-refractivity contribution in [1.82, 2.24) is 20.2 Å². The molecule has 2 atom stereocenters. The summed E-state index contributed by atoms with van der Waals surface area (Å²) in [5.41, 5.74) is 2.08. The van der Waals surface area contributed by atoms with E-state index >= 15 is 0 Å². The molecule has 0 radical (unpaired) electrons. The van der Waals surface area contributed by atoms with E-state index in [4.69, 9.17) is 14.2 Å². The van der Waals surface area contributed by atoms with Crippen LogP contribution in [0.5, 0.6) is 17.2 Å². The summed E-state index contributed by atoms with van der Waals surface area (Å²) in [6.45, 7) is 0. The molecule has 28 heavy (non-hydrogen) atoms. The van der Waals surface area contributed by atoms with E-state index < -0.39 is 0 Å². The molecule has 9 heteroatoms. The summed E-state index contributed by atoms with van der Waals surface area (Å²) >= 11 is 3.49. The Morgan fingerprint density at radius 1 is 1.00 bits per heavy atom. The zero-order valence-corrected chi connectivity index (χ0v) is 17.3. The number of fused-ring (bicyclic) bond motifs is 1. The number of aromatic nitrogens is 4. The van der Waals surface area contributed by atoms with Gasteiger partial charge in [0.15, 0.2) is 11.5 Å². The van der Waals surface area contributed by atoms with E-state index in [9.17, 15) is 0 Å². The van der Waals surface area contributed by atoms with Gasteiger partial charge in [-0.25, -0.2) is 4.68 Å². The second-order valence-corrected chi connectivity index (χ2v) is 7.29. The number of methoxy groups -OCH3 is 3. The minimum Gasteiger partial charge on any atom is -0.493 e. The van der Waals surface area contributed by atoms with E-state index in [2.05, 4.69) is 48.9 Å². The van der Waals surface area contributed by atoms with Crippen LogP contribution in [0.25, 0.3) is 0 Å². The number of hydrogen-bond donors (Lipinski definition) is 1. The van der Waals surface area contributed by atoms with E-state index in [-0.39, 0.29) is 12.1 Å². The smallest absolute Gasteiger partial charge is 0.243 e. The van der Waals surface area contributed by atoms with Crippen molar-refractivity contribution in [2.45, 2.75) is 18.5 Å². The molecule has 8 nitrogen and oxygen atoms in total. The summed E-state index contributed by atoms with van der Waals surface area (Å²) in [5, 5.41) is 15.6. The molecule has 0 spiro atoms. The van der Waals surface area contributed by atoms with Gasteiger partial charge in [0.05, 0.1) is 33.4 Å². The van der Waals surface area contributed by atoms with Crippen LogP contribution in [-0.4, -0.2) is 41.5 Å². The summed E-state index contributed by atoms with van der Waals surface area (Å²) in [5.74, 6) is 2.39.